The summed E-state index contributed by atoms with van der Waals surface area (Å²) in [5, 5.41) is 18.3. The van der Waals surface area contributed by atoms with Gasteiger partial charge in [-0.15, -0.1) is 0 Å². The van der Waals surface area contributed by atoms with Crippen molar-refractivity contribution in [3.8, 4) is 0 Å². The van der Waals surface area contributed by atoms with Crippen molar-refractivity contribution in [2.24, 2.45) is 0 Å². The maximum Gasteiger partial charge on any atom is 0.407 e. The van der Waals surface area contributed by atoms with E-state index in [-0.39, 0.29) is 12.2 Å². The van der Waals surface area contributed by atoms with Crippen molar-refractivity contribution in [3.63, 3.8) is 0 Å². The fraction of sp³-hybridized carbons (Fsp3) is 0.643. The summed E-state index contributed by atoms with van der Waals surface area (Å²) in [4.78, 5) is 23.2. The Labute approximate surface area is 129 Å². The molecule has 22 heavy (non-hydrogen) atoms. The number of amides is 1. The largest absolute Gasteiger partial charge is 0.444 e. The van der Waals surface area contributed by atoms with Crippen LogP contribution in [0.2, 0.25) is 0 Å². The first-order valence-corrected chi connectivity index (χ1v) is 7.20. The average Bonchev–Trinajstić information content (AvgIpc) is 2.41. The highest BCUT2D eigenvalue weighted by Gasteiger charge is 2.15. The molecule has 0 saturated heterocycles. The van der Waals surface area contributed by atoms with E-state index in [0.29, 0.717) is 31.7 Å². The highest BCUT2D eigenvalue weighted by Crippen LogP contribution is 2.06. The summed E-state index contributed by atoms with van der Waals surface area (Å²) in [5.41, 5.74) is -0.185. The summed E-state index contributed by atoms with van der Waals surface area (Å²) in [6.45, 7) is 6.59. The van der Waals surface area contributed by atoms with E-state index in [1.165, 1.54) is 16.9 Å². The molecule has 1 rings (SSSR count). The minimum absolute atomic E-state index is 0.0183. The smallest absolute Gasteiger partial charge is 0.407 e. The van der Waals surface area contributed by atoms with Gasteiger partial charge in [0.15, 0.2) is 0 Å². The van der Waals surface area contributed by atoms with Gasteiger partial charge in [-0.25, -0.2) is 9.48 Å². The molecule has 0 radical (unpaired) electrons. The lowest BCUT2D eigenvalue weighted by atomic mass is 10.2. The van der Waals surface area contributed by atoms with Gasteiger partial charge in [0.1, 0.15) is 5.60 Å². The van der Waals surface area contributed by atoms with Gasteiger partial charge in [0.2, 0.25) is 0 Å². The molecule has 8 nitrogen and oxygen atoms in total. The van der Waals surface area contributed by atoms with Crippen molar-refractivity contribution in [1.29, 1.82) is 0 Å². The summed E-state index contributed by atoms with van der Waals surface area (Å²) in [6.07, 6.45) is 1.54. The number of hydrogen-bond acceptors (Lipinski definition) is 6. The summed E-state index contributed by atoms with van der Waals surface area (Å²) >= 11 is 0. The molecule has 0 unspecified atom stereocenters. The monoisotopic (exact) mass is 312 g/mol. The standard InChI is InChI=1S/C14H24N4O4/c1-14(2,3)22-13(21)16-6-5-15-11-9-12(20)18(17-10-11)7-4-8-19/h9-10,15,19H,4-8H2,1-3H3,(H,16,21). The third-order valence-electron chi connectivity index (χ3n) is 2.52. The molecule has 0 aromatic carbocycles. The van der Waals surface area contributed by atoms with E-state index >= 15 is 0 Å². The molecule has 0 fully saturated rings. The molecular formula is C14H24N4O4. The van der Waals surface area contributed by atoms with E-state index in [1.807, 2.05) is 0 Å². The Kier molecular flexibility index (Phi) is 6.84. The van der Waals surface area contributed by atoms with Crippen LogP contribution in [-0.4, -0.2) is 46.3 Å². The lowest BCUT2D eigenvalue weighted by Gasteiger charge is -2.19. The van der Waals surface area contributed by atoms with Gasteiger partial charge in [-0.3, -0.25) is 4.79 Å². The van der Waals surface area contributed by atoms with Crippen molar-refractivity contribution in [2.75, 3.05) is 25.0 Å². The molecule has 1 aromatic rings. The van der Waals surface area contributed by atoms with Crippen LogP contribution < -0.4 is 16.2 Å². The molecule has 0 aliphatic rings. The Hall–Kier alpha value is -2.09. The maximum atomic E-state index is 11.7. The van der Waals surface area contributed by atoms with Crippen molar-refractivity contribution < 1.29 is 14.6 Å². The molecule has 1 aromatic heterocycles. The zero-order valence-electron chi connectivity index (χ0n) is 13.3. The normalized spacial score (nSPS) is 11.1. The number of carbonyl (C=O) groups excluding carboxylic acids is 1. The number of nitrogens with zero attached hydrogens (tertiary/aromatic N) is 2. The Morgan fingerprint density at radius 1 is 1.41 bits per heavy atom. The van der Waals surface area contributed by atoms with Crippen molar-refractivity contribution in [3.05, 3.63) is 22.6 Å². The number of aliphatic hydroxyl groups excluding tert-OH is 1. The van der Waals surface area contributed by atoms with Gasteiger partial charge in [0.05, 0.1) is 11.9 Å². The lowest BCUT2D eigenvalue weighted by molar-refractivity contribution is 0.0530. The van der Waals surface area contributed by atoms with E-state index in [1.54, 1.807) is 20.8 Å². The number of aryl methyl sites for hydroxylation is 1. The molecule has 0 atom stereocenters. The van der Waals surface area contributed by atoms with Gasteiger partial charge < -0.3 is 20.5 Å². The second kappa shape index (κ2) is 8.38. The molecule has 0 spiro atoms. The Morgan fingerprint density at radius 2 is 2.14 bits per heavy atom. The number of nitrogens with one attached hydrogen (secondary N) is 2. The first kappa shape index (κ1) is 18.0. The number of alkyl carbamates (subject to hydrolysis) is 1. The van der Waals surface area contributed by atoms with Crippen LogP contribution in [-0.2, 0) is 11.3 Å². The Balaban J connectivity index is 2.35. The van der Waals surface area contributed by atoms with Gasteiger partial charge in [0.25, 0.3) is 5.56 Å². The van der Waals surface area contributed by atoms with Crippen LogP contribution in [0.25, 0.3) is 0 Å². The topological polar surface area (TPSA) is 105 Å². The molecule has 0 aliphatic heterocycles. The van der Waals surface area contributed by atoms with E-state index in [4.69, 9.17) is 9.84 Å². The zero-order chi connectivity index (χ0) is 16.6. The number of aliphatic hydroxyl groups is 1. The first-order chi connectivity index (χ1) is 10.3. The Morgan fingerprint density at radius 3 is 2.73 bits per heavy atom. The fourth-order valence-corrected chi connectivity index (χ4v) is 1.60. The molecule has 0 saturated carbocycles. The van der Waals surface area contributed by atoms with E-state index in [2.05, 4.69) is 15.7 Å². The van der Waals surface area contributed by atoms with Crippen LogP contribution in [0.5, 0.6) is 0 Å². The van der Waals surface area contributed by atoms with E-state index < -0.39 is 11.7 Å². The van der Waals surface area contributed by atoms with Crippen LogP contribution in [0, 0.1) is 0 Å². The van der Waals surface area contributed by atoms with Crippen LogP contribution in [0.15, 0.2) is 17.1 Å². The quantitative estimate of drug-likeness (QED) is 0.635. The molecule has 0 bridgehead atoms. The first-order valence-electron chi connectivity index (χ1n) is 7.20. The minimum atomic E-state index is -0.527. The number of anilines is 1. The number of rotatable bonds is 7. The summed E-state index contributed by atoms with van der Waals surface area (Å²) in [7, 11) is 0. The van der Waals surface area contributed by atoms with Crippen molar-refractivity contribution >= 4 is 11.8 Å². The van der Waals surface area contributed by atoms with Gasteiger partial charge in [-0.1, -0.05) is 0 Å². The second-order valence-electron chi connectivity index (χ2n) is 5.74. The van der Waals surface area contributed by atoms with Gasteiger partial charge in [0, 0.05) is 32.3 Å². The van der Waals surface area contributed by atoms with Crippen LogP contribution in [0.1, 0.15) is 27.2 Å². The Bertz CT molecular complexity index is 536. The minimum Gasteiger partial charge on any atom is -0.444 e. The number of aromatic nitrogens is 2. The number of ether oxygens (including phenoxy) is 1. The zero-order valence-corrected chi connectivity index (χ0v) is 13.3. The predicted molar refractivity (Wildman–Crippen MR) is 82.9 cm³/mol. The summed E-state index contributed by atoms with van der Waals surface area (Å²) < 4.78 is 6.39. The third-order valence-corrected chi connectivity index (χ3v) is 2.52. The third kappa shape index (κ3) is 7.07. The van der Waals surface area contributed by atoms with Crippen molar-refractivity contribution in [1.82, 2.24) is 15.1 Å². The fourth-order valence-electron chi connectivity index (χ4n) is 1.60. The van der Waals surface area contributed by atoms with Crippen molar-refractivity contribution in [2.45, 2.75) is 39.3 Å². The van der Waals surface area contributed by atoms with Crippen LogP contribution in [0.3, 0.4) is 0 Å². The van der Waals surface area contributed by atoms with Crippen LogP contribution >= 0.6 is 0 Å². The molecule has 124 valence electrons. The highest BCUT2D eigenvalue weighted by atomic mass is 16.6. The van der Waals surface area contributed by atoms with Crippen LogP contribution in [0.4, 0.5) is 10.5 Å². The number of carbonyl (C=O) groups is 1. The molecule has 1 amide bonds. The molecule has 3 N–H and O–H groups in total. The van der Waals surface area contributed by atoms with E-state index in [0.717, 1.165) is 0 Å². The summed E-state index contributed by atoms with van der Waals surface area (Å²) in [5.74, 6) is 0. The molecular weight excluding hydrogens is 288 g/mol. The second-order valence-corrected chi connectivity index (χ2v) is 5.74. The SMILES string of the molecule is CC(C)(C)OC(=O)NCCNc1cnn(CCCO)c(=O)c1. The molecule has 1 heterocycles. The maximum absolute atomic E-state index is 11.7. The van der Waals surface area contributed by atoms with E-state index in [9.17, 15) is 9.59 Å². The highest BCUT2D eigenvalue weighted by molar-refractivity contribution is 5.67. The molecule has 8 heteroatoms. The predicted octanol–water partition coefficient (Wildman–Crippen LogP) is 0.562. The average molecular weight is 312 g/mol. The number of hydrogen-bond donors (Lipinski definition) is 3. The van der Waals surface area contributed by atoms with Gasteiger partial charge in [-0.2, -0.15) is 5.10 Å². The summed E-state index contributed by atoms with van der Waals surface area (Å²) in [6, 6.07) is 1.43. The lowest BCUT2D eigenvalue weighted by Crippen LogP contribution is -2.35. The van der Waals surface area contributed by atoms with Gasteiger partial charge >= 0.3 is 6.09 Å². The molecule has 0 aliphatic carbocycles. The van der Waals surface area contributed by atoms with Gasteiger partial charge in [-0.05, 0) is 27.2 Å².